The molecule has 1 fully saturated rings. The first-order valence-corrected chi connectivity index (χ1v) is 10.6. The van der Waals surface area contributed by atoms with Crippen LogP contribution in [0, 0.1) is 13.8 Å². The van der Waals surface area contributed by atoms with Crippen LogP contribution >= 0.6 is 23.2 Å². The third-order valence-electron chi connectivity index (χ3n) is 5.98. The number of ketones is 1. The molecule has 4 rings (SSSR count). The first kappa shape index (κ1) is 20.9. The molecule has 2 aliphatic heterocycles. The highest BCUT2D eigenvalue weighted by molar-refractivity contribution is 6.36. The van der Waals surface area contributed by atoms with Crippen LogP contribution in [0.1, 0.15) is 41.0 Å². The molecule has 1 saturated heterocycles. The number of piperidine rings is 1. The van der Waals surface area contributed by atoms with Crippen LogP contribution in [-0.2, 0) is 11.3 Å². The van der Waals surface area contributed by atoms with Crippen molar-refractivity contribution in [1.29, 1.82) is 0 Å². The van der Waals surface area contributed by atoms with Crippen molar-refractivity contribution in [2.75, 3.05) is 13.1 Å². The van der Waals surface area contributed by atoms with Crippen LogP contribution in [0.2, 0.25) is 10.0 Å². The first-order chi connectivity index (χ1) is 14.2. The average molecular weight is 449 g/mol. The van der Waals surface area contributed by atoms with Gasteiger partial charge >= 0.3 is 0 Å². The Morgan fingerprint density at radius 3 is 2.33 bits per heavy atom. The molecule has 2 aliphatic rings. The summed E-state index contributed by atoms with van der Waals surface area (Å²) in [6.07, 6.45) is 1.34. The molecule has 2 aromatic rings. The molecule has 1 amide bonds. The number of hydrogen-bond acceptors (Lipinski definition) is 4. The van der Waals surface area contributed by atoms with Crippen LogP contribution in [0.5, 0.6) is 5.75 Å². The Morgan fingerprint density at radius 1 is 1.07 bits per heavy atom. The summed E-state index contributed by atoms with van der Waals surface area (Å²) in [4.78, 5) is 39.0. The number of halogens is 2. The van der Waals surface area contributed by atoms with Gasteiger partial charge in [-0.25, -0.2) is 0 Å². The van der Waals surface area contributed by atoms with Crippen LogP contribution in [0.3, 0.4) is 0 Å². The number of aromatic nitrogens is 1. The number of ether oxygens (including phenoxy) is 1. The van der Waals surface area contributed by atoms with E-state index in [2.05, 4.69) is 0 Å². The quantitative estimate of drug-likeness (QED) is 0.700. The lowest BCUT2D eigenvalue weighted by Gasteiger charge is -2.44. The fourth-order valence-electron chi connectivity index (χ4n) is 4.33. The molecular formula is C22H22Cl2N2O4. The summed E-state index contributed by atoms with van der Waals surface area (Å²) in [6.45, 7) is 4.80. The second kappa shape index (κ2) is 7.75. The SMILES string of the molecule is Cc1cc(=O)cc(C)n1CC(=O)N1CCC2(CC1)CC(=O)c1cc(Cl)cc(Cl)c1O2. The fraction of sp³-hybridized carbons (Fsp3) is 0.409. The van der Waals surface area contributed by atoms with E-state index in [4.69, 9.17) is 27.9 Å². The van der Waals surface area contributed by atoms with Gasteiger partial charge in [0.1, 0.15) is 17.9 Å². The number of rotatable bonds is 2. The average Bonchev–Trinajstić information content (AvgIpc) is 2.66. The van der Waals surface area contributed by atoms with Gasteiger partial charge in [0.15, 0.2) is 11.2 Å². The van der Waals surface area contributed by atoms with E-state index in [0.29, 0.717) is 47.3 Å². The minimum Gasteiger partial charge on any atom is -0.484 e. The molecule has 1 spiro atoms. The van der Waals surface area contributed by atoms with Crippen molar-refractivity contribution in [2.45, 2.75) is 45.3 Å². The van der Waals surface area contributed by atoms with Crippen molar-refractivity contribution in [1.82, 2.24) is 9.47 Å². The second-order valence-corrected chi connectivity index (χ2v) is 8.93. The Balaban J connectivity index is 1.47. The highest BCUT2D eigenvalue weighted by Crippen LogP contribution is 2.44. The molecule has 0 unspecified atom stereocenters. The number of Topliss-reactive ketones (excluding diaryl/α,β-unsaturated/α-hetero) is 1. The lowest BCUT2D eigenvalue weighted by atomic mass is 9.82. The number of aryl methyl sites for hydroxylation is 2. The molecule has 0 N–H and O–H groups in total. The van der Waals surface area contributed by atoms with E-state index in [9.17, 15) is 14.4 Å². The summed E-state index contributed by atoms with van der Waals surface area (Å²) >= 11 is 12.3. The van der Waals surface area contributed by atoms with Crippen LogP contribution in [-0.4, -0.2) is 39.8 Å². The number of carbonyl (C=O) groups excluding carboxylic acids is 2. The maximum absolute atomic E-state index is 12.9. The van der Waals surface area contributed by atoms with E-state index < -0.39 is 5.60 Å². The Hall–Kier alpha value is -2.31. The van der Waals surface area contributed by atoms with Crippen LogP contribution in [0.4, 0.5) is 0 Å². The van der Waals surface area contributed by atoms with Crippen LogP contribution < -0.4 is 10.2 Å². The zero-order chi connectivity index (χ0) is 21.6. The van der Waals surface area contributed by atoms with Crippen LogP contribution in [0.25, 0.3) is 0 Å². The molecule has 0 saturated carbocycles. The number of hydrogen-bond donors (Lipinski definition) is 0. The molecule has 8 heteroatoms. The third kappa shape index (κ3) is 3.86. The third-order valence-corrected chi connectivity index (χ3v) is 6.48. The number of pyridine rings is 1. The van der Waals surface area contributed by atoms with Gasteiger partial charge in [0.05, 0.1) is 17.0 Å². The summed E-state index contributed by atoms with van der Waals surface area (Å²) in [5.74, 6) is 0.323. The maximum Gasteiger partial charge on any atom is 0.242 e. The summed E-state index contributed by atoms with van der Waals surface area (Å²) in [7, 11) is 0. The summed E-state index contributed by atoms with van der Waals surface area (Å²) in [5, 5.41) is 0.729. The summed E-state index contributed by atoms with van der Waals surface area (Å²) in [5.41, 5.74) is 1.22. The molecule has 0 radical (unpaired) electrons. The summed E-state index contributed by atoms with van der Waals surface area (Å²) < 4.78 is 8.07. The van der Waals surface area contributed by atoms with Gasteiger partial charge in [-0.1, -0.05) is 23.2 Å². The summed E-state index contributed by atoms with van der Waals surface area (Å²) in [6, 6.07) is 6.22. The van der Waals surface area contributed by atoms with Crippen molar-refractivity contribution in [2.24, 2.45) is 0 Å². The number of benzene rings is 1. The predicted octanol–water partition coefficient (Wildman–Crippen LogP) is 3.80. The van der Waals surface area contributed by atoms with E-state index >= 15 is 0 Å². The van der Waals surface area contributed by atoms with Gasteiger partial charge in [-0.05, 0) is 26.0 Å². The normalized spacial score (nSPS) is 17.6. The zero-order valence-electron chi connectivity index (χ0n) is 16.8. The molecule has 30 heavy (non-hydrogen) atoms. The largest absolute Gasteiger partial charge is 0.484 e. The number of nitrogens with zero attached hydrogens (tertiary/aromatic N) is 2. The first-order valence-electron chi connectivity index (χ1n) is 9.85. The molecule has 0 bridgehead atoms. The van der Waals surface area contributed by atoms with E-state index in [1.165, 1.54) is 12.1 Å². The minimum atomic E-state index is -0.651. The molecule has 0 atom stereocenters. The van der Waals surface area contributed by atoms with Crippen LogP contribution in [0.15, 0.2) is 29.1 Å². The van der Waals surface area contributed by atoms with Gasteiger partial charge in [0.25, 0.3) is 0 Å². The number of fused-ring (bicyclic) bond motifs is 1. The van der Waals surface area contributed by atoms with E-state index in [-0.39, 0.29) is 30.1 Å². The van der Waals surface area contributed by atoms with E-state index in [1.807, 2.05) is 18.4 Å². The topological polar surface area (TPSA) is 68.6 Å². The Kier molecular flexibility index (Phi) is 5.41. The Bertz CT molecular complexity index is 1070. The van der Waals surface area contributed by atoms with E-state index in [1.54, 1.807) is 17.0 Å². The minimum absolute atomic E-state index is 0.0213. The lowest BCUT2D eigenvalue weighted by Crippen LogP contribution is -2.52. The number of carbonyl (C=O) groups is 2. The van der Waals surface area contributed by atoms with Crippen molar-refractivity contribution < 1.29 is 14.3 Å². The van der Waals surface area contributed by atoms with Crippen molar-refractivity contribution in [3.05, 3.63) is 61.5 Å². The molecule has 0 aliphatic carbocycles. The molecule has 158 valence electrons. The Morgan fingerprint density at radius 2 is 1.70 bits per heavy atom. The molecule has 3 heterocycles. The molecule has 1 aromatic heterocycles. The second-order valence-electron chi connectivity index (χ2n) is 8.09. The molecular weight excluding hydrogens is 427 g/mol. The zero-order valence-corrected chi connectivity index (χ0v) is 18.3. The fourth-order valence-corrected chi connectivity index (χ4v) is 4.86. The van der Waals surface area contributed by atoms with E-state index in [0.717, 1.165) is 11.4 Å². The molecule has 1 aromatic carbocycles. The van der Waals surface area contributed by atoms with Gasteiger partial charge in [0, 0.05) is 54.5 Å². The van der Waals surface area contributed by atoms with Crippen molar-refractivity contribution in [3.8, 4) is 5.75 Å². The van der Waals surface area contributed by atoms with Crippen molar-refractivity contribution >= 4 is 34.9 Å². The predicted molar refractivity (Wildman–Crippen MR) is 115 cm³/mol. The standard InChI is InChI=1S/C22H22Cl2N2O4/c1-13-7-16(27)8-14(2)26(13)12-20(29)25-5-3-22(4-6-25)11-19(28)17-9-15(23)10-18(24)21(17)30-22/h7-10H,3-6,11-12H2,1-2H3. The maximum atomic E-state index is 12.9. The van der Waals surface area contributed by atoms with Gasteiger partial charge in [-0.2, -0.15) is 0 Å². The monoisotopic (exact) mass is 448 g/mol. The van der Waals surface area contributed by atoms with Gasteiger partial charge in [-0.15, -0.1) is 0 Å². The highest BCUT2D eigenvalue weighted by atomic mass is 35.5. The smallest absolute Gasteiger partial charge is 0.242 e. The Labute approximate surface area is 184 Å². The highest BCUT2D eigenvalue weighted by Gasteiger charge is 2.44. The van der Waals surface area contributed by atoms with Gasteiger partial charge in [-0.3, -0.25) is 14.4 Å². The van der Waals surface area contributed by atoms with Gasteiger partial charge < -0.3 is 14.2 Å². The van der Waals surface area contributed by atoms with Crippen molar-refractivity contribution in [3.63, 3.8) is 0 Å². The van der Waals surface area contributed by atoms with Gasteiger partial charge in [0.2, 0.25) is 5.91 Å². The molecule has 6 nitrogen and oxygen atoms in total. The number of likely N-dealkylation sites (tertiary alicyclic amines) is 1. The lowest BCUT2D eigenvalue weighted by molar-refractivity contribution is -0.135. The number of amides is 1.